The fourth-order valence-electron chi connectivity index (χ4n) is 4.18. The maximum atomic E-state index is 14.1. The van der Waals surface area contributed by atoms with Crippen molar-refractivity contribution in [3.63, 3.8) is 0 Å². The highest BCUT2D eigenvalue weighted by atomic mass is 19.4. The Bertz CT molecular complexity index is 1470. The average molecular weight is 492 g/mol. The number of imidazole rings is 1. The summed E-state index contributed by atoms with van der Waals surface area (Å²) < 4.78 is 69.6. The number of carbonyl (C=O) groups is 2. The summed E-state index contributed by atoms with van der Waals surface area (Å²) in [5.74, 6) is -2.33. The van der Waals surface area contributed by atoms with Gasteiger partial charge in [-0.15, -0.1) is 0 Å². The number of Topliss-reactive ketones (excluding diaryl/α,β-unsaturated/α-hetero) is 1. The van der Waals surface area contributed by atoms with Crippen molar-refractivity contribution in [2.45, 2.75) is 32.0 Å². The van der Waals surface area contributed by atoms with Gasteiger partial charge in [0.15, 0.2) is 11.5 Å². The van der Waals surface area contributed by atoms with Crippen LogP contribution in [0.4, 0.5) is 22.0 Å². The summed E-state index contributed by atoms with van der Waals surface area (Å²) in [6.45, 7) is -0.932. The molecule has 0 spiro atoms. The van der Waals surface area contributed by atoms with Gasteiger partial charge in [-0.3, -0.25) is 23.7 Å². The van der Waals surface area contributed by atoms with Crippen LogP contribution in [0.15, 0.2) is 30.7 Å². The molecule has 1 saturated heterocycles. The molecule has 1 aliphatic rings. The molecule has 4 aromatic heterocycles. The molecule has 13 heteroatoms. The molecule has 182 valence electrons. The maximum Gasteiger partial charge on any atom is 0.408 e. The van der Waals surface area contributed by atoms with Gasteiger partial charge in [0.1, 0.15) is 29.5 Å². The number of alkyl halides is 3. The van der Waals surface area contributed by atoms with Gasteiger partial charge in [-0.1, -0.05) is 0 Å². The molecule has 0 aromatic carbocycles. The number of aromatic nitrogens is 5. The summed E-state index contributed by atoms with van der Waals surface area (Å²) in [6, 6.07) is 1.85. The predicted molar refractivity (Wildman–Crippen MR) is 112 cm³/mol. The Kier molecular flexibility index (Phi) is 5.49. The van der Waals surface area contributed by atoms with Crippen molar-refractivity contribution in [3.05, 3.63) is 48.1 Å². The lowest BCUT2D eigenvalue weighted by Crippen LogP contribution is -2.32. The number of hydrogen-bond donors (Lipinski definition) is 0. The Morgan fingerprint density at radius 2 is 1.86 bits per heavy atom. The molecular weight excluding hydrogens is 475 g/mol. The molecule has 1 aliphatic heterocycles. The quantitative estimate of drug-likeness (QED) is 0.407. The number of rotatable bonds is 3. The minimum Gasteiger partial charge on any atom is -0.337 e. The number of amides is 1. The van der Waals surface area contributed by atoms with Crippen LogP contribution in [0, 0.1) is 11.6 Å². The van der Waals surface area contributed by atoms with E-state index in [0.717, 1.165) is 10.6 Å². The van der Waals surface area contributed by atoms with E-state index in [1.807, 2.05) is 0 Å². The Morgan fingerprint density at radius 3 is 2.63 bits per heavy atom. The fourth-order valence-corrected chi connectivity index (χ4v) is 4.18. The van der Waals surface area contributed by atoms with Crippen molar-refractivity contribution in [1.82, 2.24) is 29.0 Å². The van der Waals surface area contributed by atoms with Crippen molar-refractivity contribution >= 4 is 28.2 Å². The number of carbonyl (C=O) groups excluding carboxylic acids is 2. The largest absolute Gasteiger partial charge is 0.408 e. The van der Waals surface area contributed by atoms with E-state index in [4.69, 9.17) is 0 Å². The standard InChI is InChI=1S/C22H17F5N6O2/c23-12-6-15(24)20-29-9-18(32(20)10-12)19-14-8-28-16(7-17(14)33(30-19)11-22(25,26)27)21(35)31-4-1-2-13(34)3-5-31/h6-10H,1-5,11H2. The molecule has 5 heterocycles. The molecule has 35 heavy (non-hydrogen) atoms. The Balaban J connectivity index is 1.63. The number of likely N-dealkylation sites (tertiary alicyclic amines) is 1. The zero-order valence-electron chi connectivity index (χ0n) is 18.0. The van der Waals surface area contributed by atoms with Crippen LogP contribution in [0.25, 0.3) is 27.9 Å². The predicted octanol–water partition coefficient (Wildman–Crippen LogP) is 3.78. The van der Waals surface area contributed by atoms with E-state index in [9.17, 15) is 31.5 Å². The number of halogens is 5. The van der Waals surface area contributed by atoms with Crippen molar-refractivity contribution in [2.24, 2.45) is 0 Å². The molecule has 4 aromatic rings. The second kappa shape index (κ2) is 8.40. The van der Waals surface area contributed by atoms with Crippen LogP contribution in [0.2, 0.25) is 0 Å². The zero-order valence-corrected chi connectivity index (χ0v) is 18.0. The van der Waals surface area contributed by atoms with E-state index in [-0.39, 0.29) is 52.4 Å². The molecule has 5 rings (SSSR count). The first-order chi connectivity index (χ1) is 16.6. The first-order valence-corrected chi connectivity index (χ1v) is 10.7. The van der Waals surface area contributed by atoms with Gasteiger partial charge in [0.25, 0.3) is 5.91 Å². The molecule has 0 unspecified atom stereocenters. The third-order valence-electron chi connectivity index (χ3n) is 5.79. The van der Waals surface area contributed by atoms with Gasteiger partial charge in [0, 0.05) is 49.8 Å². The third kappa shape index (κ3) is 4.33. The lowest BCUT2D eigenvalue weighted by Gasteiger charge is -2.19. The lowest BCUT2D eigenvalue weighted by molar-refractivity contribution is -0.141. The zero-order chi connectivity index (χ0) is 24.9. The highest BCUT2D eigenvalue weighted by Crippen LogP contribution is 2.31. The number of nitrogens with zero attached hydrogens (tertiary/aromatic N) is 6. The molecule has 8 nitrogen and oxygen atoms in total. The summed E-state index contributed by atoms with van der Waals surface area (Å²) in [4.78, 5) is 34.1. The molecule has 1 fully saturated rings. The summed E-state index contributed by atoms with van der Waals surface area (Å²) in [5, 5.41) is 4.19. The summed E-state index contributed by atoms with van der Waals surface area (Å²) in [6.07, 6.45) is -0.261. The van der Waals surface area contributed by atoms with E-state index >= 15 is 0 Å². The average Bonchev–Trinajstić information content (AvgIpc) is 3.27. The van der Waals surface area contributed by atoms with Gasteiger partial charge in [-0.2, -0.15) is 18.3 Å². The van der Waals surface area contributed by atoms with Crippen molar-refractivity contribution < 1.29 is 31.5 Å². The number of fused-ring (bicyclic) bond motifs is 2. The van der Waals surface area contributed by atoms with E-state index in [0.29, 0.717) is 30.1 Å². The van der Waals surface area contributed by atoms with Crippen LogP contribution in [-0.4, -0.2) is 60.0 Å². The lowest BCUT2D eigenvalue weighted by atomic mass is 10.2. The Hall–Kier alpha value is -3.90. The second-order valence-corrected chi connectivity index (χ2v) is 8.24. The molecule has 0 bridgehead atoms. The van der Waals surface area contributed by atoms with E-state index in [1.165, 1.54) is 23.4 Å². The topological polar surface area (TPSA) is 85.4 Å². The molecule has 0 N–H and O–H groups in total. The van der Waals surface area contributed by atoms with Gasteiger partial charge in [-0.05, 0) is 12.5 Å². The minimum absolute atomic E-state index is 0.0337. The Morgan fingerprint density at radius 1 is 1.06 bits per heavy atom. The van der Waals surface area contributed by atoms with Crippen molar-refractivity contribution in [3.8, 4) is 11.4 Å². The first kappa shape index (κ1) is 22.9. The van der Waals surface area contributed by atoms with Gasteiger partial charge in [0.2, 0.25) is 0 Å². The molecular formula is C22H17F5N6O2. The smallest absolute Gasteiger partial charge is 0.337 e. The molecule has 0 atom stereocenters. The van der Waals surface area contributed by atoms with Gasteiger partial charge in [-0.25, -0.2) is 13.8 Å². The van der Waals surface area contributed by atoms with Crippen molar-refractivity contribution in [1.29, 1.82) is 0 Å². The Labute approximate surface area is 194 Å². The fraction of sp³-hybridized carbons (Fsp3) is 0.318. The molecule has 0 aliphatic carbocycles. The van der Waals surface area contributed by atoms with Gasteiger partial charge >= 0.3 is 6.18 Å². The second-order valence-electron chi connectivity index (χ2n) is 8.24. The molecule has 0 saturated carbocycles. The highest BCUT2D eigenvalue weighted by molar-refractivity contribution is 5.99. The monoisotopic (exact) mass is 492 g/mol. The number of pyridine rings is 2. The molecule has 0 radical (unpaired) electrons. The van der Waals surface area contributed by atoms with Crippen LogP contribution < -0.4 is 0 Å². The highest BCUT2D eigenvalue weighted by Gasteiger charge is 2.31. The van der Waals surface area contributed by atoms with Gasteiger partial charge < -0.3 is 4.90 Å². The summed E-state index contributed by atoms with van der Waals surface area (Å²) in [5.41, 5.74) is -0.342. The van der Waals surface area contributed by atoms with Crippen LogP contribution in [0.5, 0.6) is 0 Å². The number of hydrogen-bond acceptors (Lipinski definition) is 5. The summed E-state index contributed by atoms with van der Waals surface area (Å²) in [7, 11) is 0. The SMILES string of the molecule is O=C1CCCN(C(=O)c2cc3c(cn2)c(-c2cnc4c(F)cc(F)cn24)nn3CC(F)(F)F)CC1. The molecule has 1 amide bonds. The van der Waals surface area contributed by atoms with Crippen LogP contribution >= 0.6 is 0 Å². The van der Waals surface area contributed by atoms with Crippen LogP contribution in [0.1, 0.15) is 29.8 Å². The normalized spacial score (nSPS) is 15.2. The summed E-state index contributed by atoms with van der Waals surface area (Å²) >= 11 is 0. The van der Waals surface area contributed by atoms with Gasteiger partial charge in [0.05, 0.1) is 17.4 Å². The van der Waals surface area contributed by atoms with Crippen LogP contribution in [0.3, 0.4) is 0 Å². The van der Waals surface area contributed by atoms with E-state index in [1.54, 1.807) is 0 Å². The minimum atomic E-state index is -4.63. The maximum absolute atomic E-state index is 14.1. The van der Waals surface area contributed by atoms with Crippen LogP contribution in [-0.2, 0) is 11.3 Å². The van der Waals surface area contributed by atoms with E-state index < -0.39 is 30.3 Å². The van der Waals surface area contributed by atoms with E-state index in [2.05, 4.69) is 15.1 Å². The first-order valence-electron chi connectivity index (χ1n) is 10.7. The third-order valence-corrected chi connectivity index (χ3v) is 5.79. The van der Waals surface area contributed by atoms with Crippen molar-refractivity contribution in [2.75, 3.05) is 13.1 Å². The number of ketones is 1.